The van der Waals surface area contributed by atoms with Crippen LogP contribution in [-0.4, -0.2) is 46.3 Å². The quantitative estimate of drug-likeness (QED) is 0.720. The molecule has 1 aromatic heterocycles. The first-order valence-corrected chi connectivity index (χ1v) is 5.13. The van der Waals surface area contributed by atoms with Gasteiger partial charge >= 0.3 is 5.97 Å². The lowest BCUT2D eigenvalue weighted by Gasteiger charge is -1.89. The van der Waals surface area contributed by atoms with Gasteiger partial charge in [0.2, 0.25) is 0 Å². The van der Waals surface area contributed by atoms with Crippen LogP contribution in [0.4, 0.5) is 0 Å². The van der Waals surface area contributed by atoms with E-state index in [2.05, 4.69) is 9.72 Å². The van der Waals surface area contributed by atoms with Crippen molar-refractivity contribution in [2.75, 3.05) is 13.7 Å². The molecule has 0 aliphatic carbocycles. The van der Waals surface area contributed by atoms with Crippen LogP contribution in [0, 0.1) is 0 Å². The lowest BCUT2D eigenvalue weighted by atomic mass is 10.5. The number of ether oxygens (including phenoxy) is 1. The summed E-state index contributed by atoms with van der Waals surface area (Å²) >= 11 is 0. The molecule has 0 saturated heterocycles. The number of hydrogen-bond donors (Lipinski definition) is 2. The molecule has 0 aromatic carbocycles. The van der Waals surface area contributed by atoms with Gasteiger partial charge in [0.15, 0.2) is 0 Å². The van der Waals surface area contributed by atoms with E-state index < -0.39 is 5.97 Å². The summed E-state index contributed by atoms with van der Waals surface area (Å²) in [5, 5.41) is 14.4. The average molecular weight is 277 g/mol. The van der Waals surface area contributed by atoms with E-state index in [1.54, 1.807) is 19.3 Å². The molecule has 1 heterocycles. The van der Waals surface area contributed by atoms with Crippen molar-refractivity contribution in [2.45, 2.75) is 20.8 Å². The van der Waals surface area contributed by atoms with Gasteiger partial charge in [0, 0.05) is 33.4 Å². The maximum atomic E-state index is 9.82. The van der Waals surface area contributed by atoms with Gasteiger partial charge in [-0.1, -0.05) is 6.07 Å². The predicted molar refractivity (Wildman–Crippen MR) is 71.6 cm³/mol. The van der Waals surface area contributed by atoms with Crippen LogP contribution in [0.25, 0.3) is 0 Å². The van der Waals surface area contributed by atoms with E-state index in [1.165, 1.54) is 6.92 Å². The number of carboxylic acid groups (broad SMARTS) is 1. The van der Waals surface area contributed by atoms with Gasteiger partial charge in [0.25, 0.3) is 5.97 Å². The summed E-state index contributed by atoms with van der Waals surface area (Å²) in [6.45, 7) is 4.74. The molecule has 0 fully saturated rings. The number of aliphatic carboxylic acids is 1. The van der Waals surface area contributed by atoms with Crippen molar-refractivity contribution in [3.63, 3.8) is 0 Å². The van der Waals surface area contributed by atoms with E-state index in [9.17, 15) is 4.79 Å². The third-order valence-corrected chi connectivity index (χ3v) is 0.914. The number of aliphatic hydroxyl groups excluding tert-OH is 1. The summed E-state index contributed by atoms with van der Waals surface area (Å²) in [4.78, 5) is 22.6. The van der Waals surface area contributed by atoms with E-state index in [-0.39, 0.29) is 11.4 Å². The minimum atomic E-state index is -0.833. The highest BCUT2D eigenvalue weighted by Crippen LogP contribution is 1.73. The van der Waals surface area contributed by atoms with Gasteiger partial charge in [0.05, 0.1) is 6.61 Å². The number of carboxylic acids is 1. The molecule has 0 atom stereocenters. The number of esters is 1. The first-order chi connectivity index (χ1) is 8.50. The first kappa shape index (κ1) is 25.8. The molecule has 0 aliphatic heterocycles. The minimum absolute atomic E-state index is 0. The number of hydrogen-bond acceptors (Lipinski definition) is 5. The van der Waals surface area contributed by atoms with Crippen LogP contribution in [0.15, 0.2) is 30.6 Å². The zero-order valence-electron chi connectivity index (χ0n) is 11.7. The van der Waals surface area contributed by atoms with E-state index in [0.29, 0.717) is 6.61 Å². The van der Waals surface area contributed by atoms with Crippen LogP contribution in [-0.2, 0) is 14.3 Å². The van der Waals surface area contributed by atoms with Crippen LogP contribution in [0.3, 0.4) is 0 Å². The van der Waals surface area contributed by atoms with Crippen LogP contribution in [0.1, 0.15) is 20.8 Å². The topological polar surface area (TPSA) is 128 Å². The molecule has 0 amide bonds. The van der Waals surface area contributed by atoms with E-state index >= 15 is 0 Å². The molecule has 1 aromatic rings. The Kier molecular flexibility index (Phi) is 33.9. The minimum Gasteiger partial charge on any atom is -0.481 e. The molecule has 0 bridgehead atoms. The molecular weight excluding hydrogens is 254 g/mol. The molecule has 0 aliphatic rings. The van der Waals surface area contributed by atoms with E-state index in [1.807, 2.05) is 18.2 Å². The van der Waals surface area contributed by atoms with Crippen molar-refractivity contribution in [3.8, 4) is 0 Å². The van der Waals surface area contributed by atoms with Gasteiger partial charge in [-0.25, -0.2) is 0 Å². The molecule has 4 N–H and O–H groups in total. The number of carbonyl (C=O) groups excluding carboxylic acids is 1. The molecule has 0 radical (unpaired) electrons. The number of aromatic nitrogens is 1. The second kappa shape index (κ2) is 25.0. The van der Waals surface area contributed by atoms with Crippen molar-refractivity contribution < 1.29 is 30.0 Å². The Hall–Kier alpha value is -1.99. The Morgan fingerprint density at radius 2 is 1.47 bits per heavy atom. The van der Waals surface area contributed by atoms with Gasteiger partial charge in [-0.15, -0.1) is 0 Å². The van der Waals surface area contributed by atoms with Crippen molar-refractivity contribution in [3.05, 3.63) is 30.6 Å². The average Bonchev–Trinajstić information content (AvgIpc) is 2.34. The van der Waals surface area contributed by atoms with Crippen LogP contribution >= 0.6 is 0 Å². The van der Waals surface area contributed by atoms with Crippen molar-refractivity contribution in [2.24, 2.45) is 0 Å². The molecule has 0 unspecified atom stereocenters. The SMILES string of the molecule is CC(=O)O.CCOC(C)=O.CO.O.c1ccncc1. The summed E-state index contributed by atoms with van der Waals surface area (Å²) in [5.41, 5.74) is 0. The molecule has 1 rings (SSSR count). The highest BCUT2D eigenvalue weighted by Gasteiger charge is 1.81. The Bertz CT molecular complexity index is 248. The number of aliphatic hydroxyl groups is 1. The van der Waals surface area contributed by atoms with Crippen LogP contribution in [0.2, 0.25) is 0 Å². The second-order valence-corrected chi connectivity index (χ2v) is 2.47. The third-order valence-electron chi connectivity index (χ3n) is 0.914. The summed E-state index contributed by atoms with van der Waals surface area (Å²) < 4.78 is 4.40. The highest BCUT2D eigenvalue weighted by atomic mass is 16.5. The monoisotopic (exact) mass is 277 g/mol. The fourth-order valence-corrected chi connectivity index (χ4v) is 0.516. The summed E-state index contributed by atoms with van der Waals surface area (Å²) in [5.74, 6) is -1.04. The van der Waals surface area contributed by atoms with Crippen LogP contribution < -0.4 is 0 Å². The van der Waals surface area contributed by atoms with E-state index in [0.717, 1.165) is 14.0 Å². The normalized spacial score (nSPS) is 6.58. The van der Waals surface area contributed by atoms with Gasteiger partial charge in [-0.3, -0.25) is 14.6 Å². The zero-order valence-corrected chi connectivity index (χ0v) is 11.7. The number of pyridine rings is 1. The molecule has 0 saturated carbocycles. The fourth-order valence-electron chi connectivity index (χ4n) is 0.516. The van der Waals surface area contributed by atoms with Crippen molar-refractivity contribution in [1.82, 2.24) is 4.98 Å². The van der Waals surface area contributed by atoms with Gasteiger partial charge < -0.3 is 20.4 Å². The Balaban J connectivity index is -0.0000000829. The van der Waals surface area contributed by atoms with Crippen molar-refractivity contribution in [1.29, 1.82) is 0 Å². The third kappa shape index (κ3) is 63.9. The lowest BCUT2D eigenvalue weighted by Crippen LogP contribution is -1.95. The molecule has 0 spiro atoms. The predicted octanol–water partition coefficient (Wildman–Crippen LogP) is 0.526. The van der Waals surface area contributed by atoms with Gasteiger partial charge in [-0.05, 0) is 19.1 Å². The Morgan fingerprint density at radius 3 is 1.53 bits per heavy atom. The number of rotatable bonds is 1. The molecule has 19 heavy (non-hydrogen) atoms. The van der Waals surface area contributed by atoms with Crippen molar-refractivity contribution >= 4 is 11.9 Å². The van der Waals surface area contributed by atoms with Gasteiger partial charge in [-0.2, -0.15) is 0 Å². The summed E-state index contributed by atoms with van der Waals surface area (Å²) in [6, 6.07) is 5.72. The van der Waals surface area contributed by atoms with E-state index in [4.69, 9.17) is 15.0 Å². The maximum Gasteiger partial charge on any atom is 0.302 e. The number of nitrogens with zero attached hydrogens (tertiary/aromatic N) is 1. The Labute approximate surface area is 113 Å². The highest BCUT2D eigenvalue weighted by molar-refractivity contribution is 5.65. The first-order valence-electron chi connectivity index (χ1n) is 5.13. The summed E-state index contributed by atoms with van der Waals surface area (Å²) in [7, 11) is 1.00. The summed E-state index contributed by atoms with van der Waals surface area (Å²) in [6.07, 6.45) is 3.50. The smallest absolute Gasteiger partial charge is 0.302 e. The largest absolute Gasteiger partial charge is 0.481 e. The molecule has 7 heteroatoms. The number of carbonyl (C=O) groups is 2. The fraction of sp³-hybridized carbons (Fsp3) is 0.417. The molecular formula is C12H23NO6. The van der Waals surface area contributed by atoms with Gasteiger partial charge in [0.1, 0.15) is 0 Å². The lowest BCUT2D eigenvalue weighted by molar-refractivity contribution is -0.140. The molecule has 112 valence electrons. The molecule has 7 nitrogen and oxygen atoms in total. The Morgan fingerprint density at radius 1 is 1.11 bits per heavy atom. The second-order valence-electron chi connectivity index (χ2n) is 2.47. The standard InChI is InChI=1S/C5H5N.C4H8O2.C2H4O2.CH4O.H2O/c1-2-4-6-5-3-1;1-3-6-4(2)5;1-2(3)4;1-2;/h1-5H;3H2,1-2H3;1H3,(H,3,4);2H,1H3;1H2. The zero-order chi connectivity index (χ0) is 14.8. The van der Waals surface area contributed by atoms with Crippen LogP contribution in [0.5, 0.6) is 0 Å². The maximum absolute atomic E-state index is 9.82.